The molecule has 0 radical (unpaired) electrons. The fourth-order valence-corrected chi connectivity index (χ4v) is 4.62. The van der Waals surface area contributed by atoms with Gasteiger partial charge in [-0.25, -0.2) is 4.57 Å². The monoisotopic (exact) mass is 418 g/mol. The zero-order valence-corrected chi connectivity index (χ0v) is 16.5. The molecular formula is C15H25N5O7P+. The van der Waals surface area contributed by atoms with E-state index in [9.17, 15) is 19.6 Å². The van der Waals surface area contributed by atoms with E-state index in [1.807, 2.05) is 0 Å². The van der Waals surface area contributed by atoms with Crippen molar-refractivity contribution in [3.05, 3.63) is 23.0 Å². The number of aliphatic hydroxyl groups excluding tert-OH is 2. The normalized spacial score (nSPS) is 25.6. The first kappa shape index (κ1) is 21.1. The summed E-state index contributed by atoms with van der Waals surface area (Å²) in [5.74, 6) is 0. The molecule has 0 unspecified atom stereocenters. The van der Waals surface area contributed by atoms with Gasteiger partial charge in [0.1, 0.15) is 18.6 Å². The van der Waals surface area contributed by atoms with Crippen LogP contribution in [0, 0.1) is 0 Å². The molecule has 4 atom stereocenters. The van der Waals surface area contributed by atoms with Gasteiger partial charge in [-0.05, 0) is 13.8 Å². The Morgan fingerprint density at radius 1 is 1.29 bits per heavy atom. The van der Waals surface area contributed by atoms with Crippen LogP contribution in [-0.2, 0) is 18.3 Å². The summed E-state index contributed by atoms with van der Waals surface area (Å²) in [4.78, 5) is 21.3. The molecule has 0 bridgehead atoms. The van der Waals surface area contributed by atoms with Crippen LogP contribution in [-0.4, -0.2) is 69.6 Å². The van der Waals surface area contributed by atoms with Crippen molar-refractivity contribution in [1.29, 1.82) is 0 Å². The maximum atomic E-state index is 12.6. The highest BCUT2D eigenvalue weighted by atomic mass is 31.2. The van der Waals surface area contributed by atoms with Crippen LogP contribution in [0.4, 0.5) is 0 Å². The number of aromatic amines is 2. The van der Waals surface area contributed by atoms with E-state index in [2.05, 4.69) is 20.3 Å². The molecule has 1 aliphatic heterocycles. The lowest BCUT2D eigenvalue weighted by atomic mass is 10.1. The van der Waals surface area contributed by atoms with Crippen molar-refractivity contribution in [2.24, 2.45) is 0 Å². The van der Waals surface area contributed by atoms with Crippen molar-refractivity contribution in [3.63, 3.8) is 0 Å². The molecule has 0 aromatic carbocycles. The van der Waals surface area contributed by atoms with Crippen molar-refractivity contribution in [2.45, 2.75) is 38.3 Å². The van der Waals surface area contributed by atoms with Crippen molar-refractivity contribution < 1.29 is 33.1 Å². The number of aromatic nitrogens is 4. The minimum atomic E-state index is -3.47. The molecule has 1 aliphatic rings. The third kappa shape index (κ3) is 4.03. The topological polar surface area (TPSA) is 163 Å². The van der Waals surface area contributed by atoms with Crippen LogP contribution in [0.25, 0.3) is 11.2 Å². The second-order valence-electron chi connectivity index (χ2n) is 6.21. The minimum absolute atomic E-state index is 0.184. The number of hydrogen-bond donors (Lipinski definition) is 5. The number of aliphatic hydroxyl groups is 2. The van der Waals surface area contributed by atoms with E-state index in [4.69, 9.17) is 13.8 Å². The maximum Gasteiger partial charge on any atom is 0.356 e. The molecule has 3 heterocycles. The van der Waals surface area contributed by atoms with Crippen LogP contribution in [0.3, 0.4) is 0 Å². The van der Waals surface area contributed by atoms with Gasteiger partial charge in [-0.1, -0.05) is 4.98 Å². The minimum Gasteiger partial charge on any atom is -0.395 e. The van der Waals surface area contributed by atoms with Crippen molar-refractivity contribution >= 4 is 18.8 Å². The van der Waals surface area contributed by atoms with Crippen LogP contribution < -0.4 is 15.4 Å². The van der Waals surface area contributed by atoms with Gasteiger partial charge in [0.25, 0.3) is 5.56 Å². The van der Waals surface area contributed by atoms with E-state index in [0.29, 0.717) is 5.65 Å². The van der Waals surface area contributed by atoms with Gasteiger partial charge < -0.3 is 24.0 Å². The molecule has 0 saturated carbocycles. The Balaban J connectivity index is 1.81. The van der Waals surface area contributed by atoms with Gasteiger partial charge in [0.05, 0.1) is 25.9 Å². The first-order valence-corrected chi connectivity index (χ1v) is 10.7. The fourth-order valence-electron chi connectivity index (χ4n) is 3.25. The van der Waals surface area contributed by atoms with Gasteiger partial charge in [0.2, 0.25) is 5.52 Å². The highest BCUT2D eigenvalue weighted by Gasteiger charge is 2.47. The van der Waals surface area contributed by atoms with Crippen LogP contribution >= 0.6 is 7.60 Å². The Labute approximate surface area is 160 Å². The second-order valence-corrected chi connectivity index (χ2v) is 8.21. The number of hydrogen-bond acceptors (Lipinski definition) is 9. The predicted molar refractivity (Wildman–Crippen MR) is 96.6 cm³/mol. The molecule has 28 heavy (non-hydrogen) atoms. The summed E-state index contributed by atoms with van der Waals surface area (Å²) < 4.78 is 30.2. The Hall–Kier alpha value is -1.66. The second kappa shape index (κ2) is 8.78. The van der Waals surface area contributed by atoms with E-state index in [1.165, 1.54) is 12.7 Å². The fraction of sp³-hybridized carbons (Fsp3) is 0.667. The first-order chi connectivity index (χ1) is 13.4. The van der Waals surface area contributed by atoms with E-state index < -0.39 is 32.0 Å². The van der Waals surface area contributed by atoms with Crippen LogP contribution in [0.2, 0.25) is 0 Å². The summed E-state index contributed by atoms with van der Waals surface area (Å²) in [5.41, 5.74) is 0.225. The molecule has 5 N–H and O–H groups in total. The molecule has 1 saturated heterocycles. The number of nitrogens with one attached hydrogen (secondary N) is 3. The van der Waals surface area contributed by atoms with Crippen molar-refractivity contribution in [2.75, 3.05) is 26.2 Å². The number of fused-ring (bicyclic) bond motifs is 1. The standard InChI is InChI=1S/C15H24N5O7P/c1-3-26-28(24,27-4-2)8-25-12-9(5-21)19-14(11(12)22)20-7-18-10-13(20)16-6-17-15(10)23/h6-7,9,11-12,14,19,21-22H,3-5,8H2,1-2H3,(H,16,17,23)/p+1/t9-,11-,12-,14+/m1/s1. The largest absolute Gasteiger partial charge is 0.395 e. The summed E-state index contributed by atoms with van der Waals surface area (Å²) in [6, 6.07) is -0.642. The molecule has 156 valence electrons. The van der Waals surface area contributed by atoms with Gasteiger partial charge in [0.15, 0.2) is 18.8 Å². The van der Waals surface area contributed by atoms with E-state index in [0.717, 1.165) is 0 Å². The lowest BCUT2D eigenvalue weighted by Gasteiger charge is -2.23. The van der Waals surface area contributed by atoms with Crippen molar-refractivity contribution in [3.8, 4) is 0 Å². The molecule has 2 aromatic heterocycles. The van der Waals surface area contributed by atoms with Gasteiger partial charge in [-0.15, -0.1) is 0 Å². The molecule has 0 spiro atoms. The summed E-state index contributed by atoms with van der Waals surface area (Å²) in [7, 11) is -3.47. The zero-order valence-electron chi connectivity index (χ0n) is 15.6. The van der Waals surface area contributed by atoms with Gasteiger partial charge >= 0.3 is 13.2 Å². The molecular weight excluding hydrogens is 393 g/mol. The average molecular weight is 418 g/mol. The van der Waals surface area contributed by atoms with Crippen molar-refractivity contribution in [1.82, 2.24) is 20.3 Å². The number of imidazole rings is 1. The number of H-pyrrole nitrogens is 2. The third-order valence-electron chi connectivity index (χ3n) is 4.44. The smallest absolute Gasteiger partial charge is 0.356 e. The average Bonchev–Trinajstić information content (AvgIpc) is 3.22. The first-order valence-electron chi connectivity index (χ1n) is 8.94. The van der Waals surface area contributed by atoms with Crippen LogP contribution in [0.5, 0.6) is 0 Å². The highest BCUT2D eigenvalue weighted by molar-refractivity contribution is 7.53. The Morgan fingerprint density at radius 3 is 2.64 bits per heavy atom. The summed E-state index contributed by atoms with van der Waals surface area (Å²) in [6.07, 6.45) is -0.353. The number of nitrogens with zero attached hydrogens (tertiary/aromatic N) is 2. The van der Waals surface area contributed by atoms with Crippen LogP contribution in [0.15, 0.2) is 17.4 Å². The Morgan fingerprint density at radius 2 is 2.00 bits per heavy atom. The van der Waals surface area contributed by atoms with Crippen LogP contribution in [0.1, 0.15) is 20.0 Å². The van der Waals surface area contributed by atoms with E-state index in [1.54, 1.807) is 18.4 Å². The SMILES string of the molecule is CCOP(=O)(CO[C@H]1[C@@H](O)[C@H]([n+]2c[nH]c3c(=O)[nH]cnc32)N[C@@H]1CO)OCC. The number of ether oxygens (including phenoxy) is 1. The van der Waals surface area contributed by atoms with Gasteiger partial charge in [0, 0.05) is 0 Å². The highest BCUT2D eigenvalue weighted by Crippen LogP contribution is 2.48. The molecule has 2 aromatic rings. The summed E-state index contributed by atoms with van der Waals surface area (Å²) >= 11 is 0. The molecule has 1 fully saturated rings. The Bertz CT molecular complexity index is 892. The summed E-state index contributed by atoms with van der Waals surface area (Å²) in [6.45, 7) is 3.41. The summed E-state index contributed by atoms with van der Waals surface area (Å²) in [5, 5.41) is 23.5. The quantitative estimate of drug-likeness (QED) is 0.253. The predicted octanol–water partition coefficient (Wildman–Crippen LogP) is -1.03. The third-order valence-corrected chi connectivity index (χ3v) is 6.21. The molecule has 12 nitrogen and oxygen atoms in total. The number of rotatable bonds is 9. The van der Waals surface area contributed by atoms with E-state index in [-0.39, 0.29) is 37.2 Å². The lowest BCUT2D eigenvalue weighted by molar-refractivity contribution is -0.711. The molecule has 13 heteroatoms. The van der Waals surface area contributed by atoms with Gasteiger partial charge in [-0.3, -0.25) is 24.6 Å². The Kier molecular flexibility index (Phi) is 6.61. The molecule has 0 aliphatic carbocycles. The zero-order chi connectivity index (χ0) is 20.3. The molecule has 0 amide bonds. The van der Waals surface area contributed by atoms with Gasteiger partial charge in [-0.2, -0.15) is 0 Å². The van der Waals surface area contributed by atoms with E-state index >= 15 is 0 Å². The molecule has 3 rings (SSSR count). The lowest BCUT2D eigenvalue weighted by Crippen LogP contribution is -2.50. The maximum absolute atomic E-state index is 12.6.